The van der Waals surface area contributed by atoms with Crippen molar-refractivity contribution >= 4 is 0 Å². The molecule has 0 amide bonds. The Morgan fingerprint density at radius 3 is 3.06 bits per heavy atom. The maximum Gasteiger partial charge on any atom is 0.0762 e. The molecule has 2 fully saturated rings. The van der Waals surface area contributed by atoms with Gasteiger partial charge in [0, 0.05) is 37.4 Å². The van der Waals surface area contributed by atoms with Crippen molar-refractivity contribution in [2.24, 2.45) is 0 Å². The summed E-state index contributed by atoms with van der Waals surface area (Å²) < 4.78 is 2.04. The van der Waals surface area contributed by atoms with E-state index < -0.39 is 0 Å². The molecule has 2 saturated heterocycles. The molecule has 4 heteroatoms. The van der Waals surface area contributed by atoms with E-state index in [0.29, 0.717) is 12.1 Å². The van der Waals surface area contributed by atoms with Gasteiger partial charge in [-0.2, -0.15) is 5.10 Å². The van der Waals surface area contributed by atoms with Crippen LogP contribution in [-0.4, -0.2) is 39.9 Å². The van der Waals surface area contributed by atoms with Crippen molar-refractivity contribution in [2.45, 2.75) is 57.8 Å². The zero-order chi connectivity index (χ0) is 12.5. The molecule has 1 aromatic rings. The van der Waals surface area contributed by atoms with Gasteiger partial charge in [-0.1, -0.05) is 0 Å². The van der Waals surface area contributed by atoms with Crippen LogP contribution in [0.2, 0.25) is 0 Å². The average molecular weight is 248 g/mol. The highest BCUT2D eigenvalue weighted by Crippen LogP contribution is 2.27. The molecular weight excluding hydrogens is 224 g/mol. The molecular formula is C14H24N4. The van der Waals surface area contributed by atoms with Crippen LogP contribution in [0.15, 0.2) is 12.3 Å². The van der Waals surface area contributed by atoms with E-state index in [9.17, 15) is 0 Å². The molecule has 18 heavy (non-hydrogen) atoms. The van der Waals surface area contributed by atoms with E-state index in [1.54, 1.807) is 0 Å². The highest BCUT2D eigenvalue weighted by Gasteiger charge is 2.36. The van der Waals surface area contributed by atoms with E-state index in [2.05, 4.69) is 41.4 Å². The van der Waals surface area contributed by atoms with Gasteiger partial charge in [0.05, 0.1) is 5.69 Å². The van der Waals surface area contributed by atoms with Gasteiger partial charge in [0.1, 0.15) is 0 Å². The topological polar surface area (TPSA) is 33.1 Å². The van der Waals surface area contributed by atoms with Gasteiger partial charge in [-0.25, -0.2) is 0 Å². The minimum absolute atomic E-state index is 0.454. The molecule has 0 bridgehead atoms. The van der Waals surface area contributed by atoms with Crippen LogP contribution in [0.1, 0.15) is 44.8 Å². The number of fused-ring (bicyclic) bond motifs is 1. The van der Waals surface area contributed by atoms with E-state index in [-0.39, 0.29) is 0 Å². The van der Waals surface area contributed by atoms with Crippen molar-refractivity contribution in [3.05, 3.63) is 18.0 Å². The summed E-state index contributed by atoms with van der Waals surface area (Å²) in [7, 11) is 0. The molecule has 3 rings (SSSR count). The first kappa shape index (κ1) is 12.2. The maximum atomic E-state index is 4.60. The van der Waals surface area contributed by atoms with Crippen molar-refractivity contribution in [3.63, 3.8) is 0 Å². The second-order valence-corrected chi connectivity index (χ2v) is 5.90. The monoisotopic (exact) mass is 248 g/mol. The predicted octanol–water partition coefficient (Wildman–Crippen LogP) is 1.79. The molecule has 0 aliphatic carbocycles. The molecule has 0 aromatic carbocycles. The van der Waals surface area contributed by atoms with Crippen LogP contribution in [0, 0.1) is 0 Å². The van der Waals surface area contributed by atoms with Gasteiger partial charge in [-0.05, 0) is 45.7 Å². The molecule has 2 aliphatic rings. The Balaban J connectivity index is 1.54. The highest BCUT2D eigenvalue weighted by molar-refractivity contribution is 5.02. The van der Waals surface area contributed by atoms with Gasteiger partial charge in [0.25, 0.3) is 0 Å². The lowest BCUT2D eigenvalue weighted by atomic mass is 10.1. The Labute approximate surface area is 109 Å². The second kappa shape index (κ2) is 5.02. The Bertz CT molecular complexity index is 398. The van der Waals surface area contributed by atoms with Crippen molar-refractivity contribution in [1.29, 1.82) is 0 Å². The number of rotatable bonds is 4. The van der Waals surface area contributed by atoms with Gasteiger partial charge >= 0.3 is 0 Å². The lowest BCUT2D eigenvalue weighted by molar-refractivity contribution is 0.298. The van der Waals surface area contributed by atoms with Gasteiger partial charge in [-0.3, -0.25) is 9.58 Å². The van der Waals surface area contributed by atoms with Gasteiger partial charge in [0.15, 0.2) is 0 Å². The smallest absolute Gasteiger partial charge is 0.0762 e. The number of nitrogens with zero attached hydrogens (tertiary/aromatic N) is 3. The van der Waals surface area contributed by atoms with Crippen molar-refractivity contribution < 1.29 is 0 Å². The molecule has 0 spiro atoms. The average Bonchev–Trinajstić information content (AvgIpc) is 3.03. The predicted molar refractivity (Wildman–Crippen MR) is 72.5 cm³/mol. The number of hydrogen-bond acceptors (Lipinski definition) is 3. The molecule has 0 radical (unpaired) electrons. The molecule has 1 aromatic heterocycles. The normalized spacial score (nSPS) is 28.2. The molecule has 4 nitrogen and oxygen atoms in total. The molecule has 3 heterocycles. The highest BCUT2D eigenvalue weighted by atomic mass is 15.3. The van der Waals surface area contributed by atoms with Crippen LogP contribution in [-0.2, 0) is 6.54 Å². The molecule has 0 saturated carbocycles. The summed E-state index contributed by atoms with van der Waals surface area (Å²) in [5.74, 6) is 0. The zero-order valence-corrected chi connectivity index (χ0v) is 11.5. The van der Waals surface area contributed by atoms with Crippen LogP contribution in [0.3, 0.4) is 0 Å². The molecule has 100 valence electrons. The van der Waals surface area contributed by atoms with E-state index in [1.807, 2.05) is 4.68 Å². The summed E-state index contributed by atoms with van der Waals surface area (Å²) in [5.41, 5.74) is 1.17. The van der Waals surface area contributed by atoms with Crippen LogP contribution >= 0.6 is 0 Å². The van der Waals surface area contributed by atoms with E-state index in [4.69, 9.17) is 0 Å². The third-order valence-corrected chi connectivity index (χ3v) is 4.34. The number of aromatic nitrogens is 2. The summed E-state index contributed by atoms with van der Waals surface area (Å²) in [6, 6.07) is 4.05. The molecule has 2 atom stereocenters. The first-order chi connectivity index (χ1) is 8.74. The Hall–Kier alpha value is -0.870. The van der Waals surface area contributed by atoms with Crippen LogP contribution < -0.4 is 5.32 Å². The van der Waals surface area contributed by atoms with Crippen molar-refractivity contribution in [3.8, 4) is 0 Å². The fraction of sp³-hybridized carbons (Fsp3) is 0.786. The number of hydrogen-bond donors (Lipinski definition) is 1. The minimum Gasteiger partial charge on any atom is -0.307 e. The fourth-order valence-electron chi connectivity index (χ4n) is 3.32. The Morgan fingerprint density at radius 2 is 2.28 bits per heavy atom. The van der Waals surface area contributed by atoms with Crippen LogP contribution in [0.4, 0.5) is 0 Å². The fourth-order valence-corrected chi connectivity index (χ4v) is 3.32. The lowest BCUT2D eigenvalue weighted by Gasteiger charge is -2.20. The van der Waals surface area contributed by atoms with Crippen molar-refractivity contribution in [1.82, 2.24) is 20.0 Å². The standard InChI is InChI=1S/C14H24N4/c1-11(2)18-9-5-12(16-18)10-15-13-6-8-17-7-3-4-14(13)17/h5,9,11,13-15H,3-4,6-8,10H2,1-2H3. The Morgan fingerprint density at radius 1 is 1.39 bits per heavy atom. The van der Waals surface area contributed by atoms with Crippen LogP contribution in [0.5, 0.6) is 0 Å². The largest absolute Gasteiger partial charge is 0.307 e. The first-order valence-corrected chi connectivity index (χ1v) is 7.25. The molecule has 1 N–H and O–H groups in total. The SMILES string of the molecule is CC(C)n1ccc(CNC2CCN3CCCC23)n1. The minimum atomic E-state index is 0.454. The van der Waals surface area contributed by atoms with E-state index >= 15 is 0 Å². The maximum absolute atomic E-state index is 4.60. The first-order valence-electron chi connectivity index (χ1n) is 7.25. The molecule has 2 unspecified atom stereocenters. The van der Waals surface area contributed by atoms with E-state index in [1.165, 1.54) is 38.0 Å². The summed E-state index contributed by atoms with van der Waals surface area (Å²) >= 11 is 0. The zero-order valence-electron chi connectivity index (χ0n) is 11.5. The Kier molecular flexibility index (Phi) is 3.39. The van der Waals surface area contributed by atoms with Gasteiger partial charge in [-0.15, -0.1) is 0 Å². The summed E-state index contributed by atoms with van der Waals surface area (Å²) in [6.07, 6.45) is 6.14. The molecule has 2 aliphatic heterocycles. The second-order valence-electron chi connectivity index (χ2n) is 5.90. The summed E-state index contributed by atoms with van der Waals surface area (Å²) in [4.78, 5) is 2.64. The van der Waals surface area contributed by atoms with Crippen LogP contribution in [0.25, 0.3) is 0 Å². The lowest BCUT2D eigenvalue weighted by Crippen LogP contribution is -2.38. The third-order valence-electron chi connectivity index (χ3n) is 4.34. The third kappa shape index (κ3) is 2.31. The van der Waals surface area contributed by atoms with Crippen molar-refractivity contribution in [2.75, 3.05) is 13.1 Å². The van der Waals surface area contributed by atoms with E-state index in [0.717, 1.165) is 12.6 Å². The van der Waals surface area contributed by atoms with Gasteiger partial charge < -0.3 is 5.32 Å². The summed E-state index contributed by atoms with van der Waals surface area (Å²) in [5, 5.41) is 8.30. The number of nitrogens with one attached hydrogen (secondary N) is 1. The summed E-state index contributed by atoms with van der Waals surface area (Å²) in [6.45, 7) is 7.83. The van der Waals surface area contributed by atoms with Gasteiger partial charge in [0.2, 0.25) is 0 Å². The quantitative estimate of drug-likeness (QED) is 0.882.